The lowest BCUT2D eigenvalue weighted by molar-refractivity contribution is -0.116. The number of rotatable bonds is 5. The van der Waals surface area contributed by atoms with Crippen molar-refractivity contribution in [1.29, 1.82) is 0 Å². The molecule has 0 bridgehead atoms. The van der Waals surface area contributed by atoms with E-state index in [-0.39, 0.29) is 5.91 Å². The van der Waals surface area contributed by atoms with Crippen LogP contribution < -0.4 is 14.8 Å². The third-order valence-corrected chi connectivity index (χ3v) is 3.55. The molecule has 1 aliphatic heterocycles. The largest absolute Gasteiger partial charge is 0.486 e. The molecule has 0 saturated carbocycles. The molecule has 1 N–H and O–H groups in total. The van der Waals surface area contributed by atoms with E-state index in [0.717, 1.165) is 23.5 Å². The number of ether oxygens (including phenoxy) is 2. The van der Waals surface area contributed by atoms with Crippen LogP contribution in [0.25, 0.3) is 6.08 Å². The summed E-state index contributed by atoms with van der Waals surface area (Å²) >= 11 is 0. The molecule has 4 heteroatoms. The second-order valence-electron chi connectivity index (χ2n) is 5.26. The van der Waals surface area contributed by atoms with E-state index in [4.69, 9.17) is 9.47 Å². The lowest BCUT2D eigenvalue weighted by Gasteiger charge is -2.18. The molecule has 0 fully saturated rings. The molecule has 0 unspecified atom stereocenters. The van der Waals surface area contributed by atoms with Crippen LogP contribution in [0.15, 0.2) is 54.6 Å². The van der Waals surface area contributed by atoms with Crippen molar-refractivity contribution >= 4 is 12.0 Å². The molecule has 1 amide bonds. The molecule has 0 saturated heterocycles. The van der Waals surface area contributed by atoms with Gasteiger partial charge in [0.1, 0.15) is 13.2 Å². The van der Waals surface area contributed by atoms with Gasteiger partial charge in [-0.3, -0.25) is 4.79 Å². The summed E-state index contributed by atoms with van der Waals surface area (Å²) in [6.07, 6.45) is 4.14. The van der Waals surface area contributed by atoms with Gasteiger partial charge in [0.15, 0.2) is 11.5 Å². The van der Waals surface area contributed by atoms with E-state index in [9.17, 15) is 4.79 Å². The van der Waals surface area contributed by atoms with Crippen molar-refractivity contribution in [3.05, 3.63) is 65.7 Å². The fraction of sp³-hybridized carbons (Fsp3) is 0.211. The number of carbonyl (C=O) groups is 1. The average Bonchev–Trinajstić information content (AvgIpc) is 2.61. The standard InChI is InChI=1S/C19H19NO3/c21-19(20-11-10-15-4-2-1-3-5-15)9-7-16-6-8-17-18(14-16)23-13-12-22-17/h1-9,14H,10-13H2,(H,20,21)/b9-7+. The van der Waals surface area contributed by atoms with Crippen molar-refractivity contribution in [2.75, 3.05) is 19.8 Å². The van der Waals surface area contributed by atoms with Gasteiger partial charge in [0.25, 0.3) is 0 Å². The summed E-state index contributed by atoms with van der Waals surface area (Å²) in [7, 11) is 0. The van der Waals surface area contributed by atoms with Gasteiger partial charge in [0.2, 0.25) is 5.91 Å². The Morgan fingerprint density at radius 1 is 1.04 bits per heavy atom. The second kappa shape index (κ2) is 7.49. The minimum atomic E-state index is -0.101. The van der Waals surface area contributed by atoms with Crippen LogP contribution in [0.4, 0.5) is 0 Å². The highest BCUT2D eigenvalue weighted by atomic mass is 16.6. The van der Waals surface area contributed by atoms with Gasteiger partial charge in [0, 0.05) is 12.6 Å². The summed E-state index contributed by atoms with van der Waals surface area (Å²) in [5, 5.41) is 2.88. The minimum Gasteiger partial charge on any atom is -0.486 e. The van der Waals surface area contributed by atoms with E-state index < -0.39 is 0 Å². The normalized spacial score (nSPS) is 13.0. The lowest BCUT2D eigenvalue weighted by atomic mass is 10.1. The van der Waals surface area contributed by atoms with E-state index in [1.807, 2.05) is 36.4 Å². The van der Waals surface area contributed by atoms with Crippen LogP contribution in [0.1, 0.15) is 11.1 Å². The number of amides is 1. The molecule has 1 aliphatic rings. The fourth-order valence-electron chi connectivity index (χ4n) is 2.37. The zero-order chi connectivity index (χ0) is 15.9. The third-order valence-electron chi connectivity index (χ3n) is 3.55. The molecule has 2 aromatic carbocycles. The Morgan fingerprint density at radius 3 is 2.65 bits per heavy atom. The number of nitrogens with one attached hydrogen (secondary N) is 1. The summed E-state index contributed by atoms with van der Waals surface area (Å²) in [4.78, 5) is 11.8. The van der Waals surface area contributed by atoms with Crippen LogP contribution in [-0.4, -0.2) is 25.7 Å². The molecule has 0 atom stereocenters. The summed E-state index contributed by atoms with van der Waals surface area (Å²) in [6.45, 7) is 1.75. The molecule has 23 heavy (non-hydrogen) atoms. The average molecular weight is 309 g/mol. The number of benzene rings is 2. The molecule has 118 valence electrons. The molecule has 0 radical (unpaired) electrons. The maximum Gasteiger partial charge on any atom is 0.244 e. The van der Waals surface area contributed by atoms with Gasteiger partial charge in [-0.15, -0.1) is 0 Å². The van der Waals surface area contributed by atoms with E-state index >= 15 is 0 Å². The van der Waals surface area contributed by atoms with Crippen LogP contribution in [0.2, 0.25) is 0 Å². The van der Waals surface area contributed by atoms with Crippen LogP contribution in [-0.2, 0) is 11.2 Å². The Labute approximate surface area is 135 Å². The van der Waals surface area contributed by atoms with E-state index in [1.165, 1.54) is 11.6 Å². The van der Waals surface area contributed by atoms with Crippen LogP contribution in [0, 0.1) is 0 Å². The van der Waals surface area contributed by atoms with Gasteiger partial charge in [0.05, 0.1) is 0 Å². The van der Waals surface area contributed by atoms with E-state index in [2.05, 4.69) is 17.4 Å². The molecule has 0 aromatic heterocycles. The molecule has 0 aliphatic carbocycles. The first-order chi connectivity index (χ1) is 11.3. The quantitative estimate of drug-likeness (QED) is 0.864. The Bertz CT molecular complexity index is 695. The van der Waals surface area contributed by atoms with Crippen molar-refractivity contribution in [3.63, 3.8) is 0 Å². The maximum atomic E-state index is 11.8. The maximum absolute atomic E-state index is 11.8. The molecular formula is C19H19NO3. The molecule has 4 nitrogen and oxygen atoms in total. The Morgan fingerprint density at radius 2 is 1.83 bits per heavy atom. The van der Waals surface area contributed by atoms with Crippen molar-refractivity contribution in [2.45, 2.75) is 6.42 Å². The number of carbonyl (C=O) groups excluding carboxylic acids is 1. The topological polar surface area (TPSA) is 47.6 Å². The molecule has 2 aromatic rings. The SMILES string of the molecule is O=C(/C=C/c1ccc2c(c1)OCCO2)NCCc1ccccc1. The lowest BCUT2D eigenvalue weighted by Crippen LogP contribution is -2.23. The highest BCUT2D eigenvalue weighted by molar-refractivity contribution is 5.91. The van der Waals surface area contributed by atoms with E-state index in [0.29, 0.717) is 19.8 Å². The number of fused-ring (bicyclic) bond motifs is 1. The Balaban J connectivity index is 1.50. The first-order valence-electron chi connectivity index (χ1n) is 7.71. The molecule has 0 spiro atoms. The predicted molar refractivity (Wildman–Crippen MR) is 89.6 cm³/mol. The third kappa shape index (κ3) is 4.36. The van der Waals surface area contributed by atoms with Gasteiger partial charge < -0.3 is 14.8 Å². The molecule has 3 rings (SSSR count). The van der Waals surface area contributed by atoms with Gasteiger partial charge in [-0.2, -0.15) is 0 Å². The highest BCUT2D eigenvalue weighted by Gasteiger charge is 2.10. The molecular weight excluding hydrogens is 290 g/mol. The van der Waals surface area contributed by atoms with Crippen molar-refractivity contribution < 1.29 is 14.3 Å². The first-order valence-corrected chi connectivity index (χ1v) is 7.71. The zero-order valence-electron chi connectivity index (χ0n) is 12.8. The smallest absolute Gasteiger partial charge is 0.244 e. The van der Waals surface area contributed by atoms with E-state index in [1.54, 1.807) is 6.08 Å². The van der Waals surface area contributed by atoms with Crippen molar-refractivity contribution in [1.82, 2.24) is 5.32 Å². The zero-order valence-corrected chi connectivity index (χ0v) is 12.8. The monoisotopic (exact) mass is 309 g/mol. The highest BCUT2D eigenvalue weighted by Crippen LogP contribution is 2.30. The van der Waals surface area contributed by atoms with Crippen LogP contribution in [0.5, 0.6) is 11.5 Å². The van der Waals surface area contributed by atoms with Gasteiger partial charge >= 0.3 is 0 Å². The summed E-state index contributed by atoms with van der Waals surface area (Å²) in [6, 6.07) is 15.7. The van der Waals surface area contributed by atoms with Crippen molar-refractivity contribution in [2.24, 2.45) is 0 Å². The second-order valence-corrected chi connectivity index (χ2v) is 5.26. The van der Waals surface area contributed by atoms with Crippen molar-refractivity contribution in [3.8, 4) is 11.5 Å². The van der Waals surface area contributed by atoms with Crippen LogP contribution >= 0.6 is 0 Å². The van der Waals surface area contributed by atoms with Gasteiger partial charge in [-0.1, -0.05) is 36.4 Å². The Hall–Kier alpha value is -2.75. The summed E-state index contributed by atoms with van der Waals surface area (Å²) < 4.78 is 11.0. The summed E-state index contributed by atoms with van der Waals surface area (Å²) in [5.41, 5.74) is 2.12. The summed E-state index contributed by atoms with van der Waals surface area (Å²) in [5.74, 6) is 1.37. The van der Waals surface area contributed by atoms with Gasteiger partial charge in [-0.25, -0.2) is 0 Å². The first kappa shape index (κ1) is 15.2. The fourth-order valence-corrected chi connectivity index (χ4v) is 2.37. The number of hydrogen-bond donors (Lipinski definition) is 1. The predicted octanol–water partition coefficient (Wildman–Crippen LogP) is 2.83. The molecule has 1 heterocycles. The van der Waals surface area contributed by atoms with Gasteiger partial charge in [-0.05, 0) is 35.8 Å². The van der Waals surface area contributed by atoms with Crippen LogP contribution in [0.3, 0.4) is 0 Å². The number of hydrogen-bond acceptors (Lipinski definition) is 3. The minimum absolute atomic E-state index is 0.101. The Kier molecular flexibility index (Phi) is 4.94.